The molecule has 2 heterocycles. The largest absolute Gasteiger partial charge is 0.494 e. The van der Waals surface area contributed by atoms with Gasteiger partial charge < -0.3 is 19.5 Å². The average molecular weight is 434 g/mol. The summed E-state index contributed by atoms with van der Waals surface area (Å²) in [7, 11) is 0. The molecule has 2 N–H and O–H groups in total. The molecule has 2 aromatic carbocycles. The fourth-order valence-electron chi connectivity index (χ4n) is 3.06. The maximum atomic E-state index is 12.3. The van der Waals surface area contributed by atoms with Crippen LogP contribution < -0.4 is 10.1 Å². The SMILES string of the molecule is CCOc1ccc(-c2nc(SCC(=O)NCc3ccco3)c(-c3ccccc3)[nH]2)cc1. The Balaban J connectivity index is 1.51. The number of imidazole rings is 1. The molecule has 0 saturated carbocycles. The first-order valence-corrected chi connectivity index (χ1v) is 11.0. The first-order chi connectivity index (χ1) is 15.2. The second-order valence-corrected chi connectivity index (χ2v) is 7.70. The van der Waals surface area contributed by atoms with E-state index >= 15 is 0 Å². The van der Waals surface area contributed by atoms with Crippen molar-refractivity contribution in [3.63, 3.8) is 0 Å². The molecule has 0 bridgehead atoms. The lowest BCUT2D eigenvalue weighted by Crippen LogP contribution is -2.24. The van der Waals surface area contributed by atoms with E-state index in [9.17, 15) is 4.79 Å². The molecule has 0 unspecified atom stereocenters. The molecule has 0 aliphatic rings. The number of rotatable bonds is 9. The van der Waals surface area contributed by atoms with Gasteiger partial charge in [-0.3, -0.25) is 4.79 Å². The number of nitrogens with zero attached hydrogens (tertiary/aromatic N) is 1. The second-order valence-electron chi connectivity index (χ2n) is 6.73. The molecule has 2 aromatic heterocycles. The molecule has 1 amide bonds. The Bertz CT molecular complexity index is 1110. The summed E-state index contributed by atoms with van der Waals surface area (Å²) in [5, 5.41) is 3.65. The van der Waals surface area contributed by atoms with Crippen molar-refractivity contribution in [2.45, 2.75) is 18.5 Å². The van der Waals surface area contributed by atoms with Crippen LogP contribution in [-0.2, 0) is 11.3 Å². The number of carbonyl (C=O) groups excluding carboxylic acids is 1. The van der Waals surface area contributed by atoms with E-state index < -0.39 is 0 Å². The Kier molecular flexibility index (Phi) is 6.74. The monoisotopic (exact) mass is 433 g/mol. The van der Waals surface area contributed by atoms with Gasteiger partial charge in [0.05, 0.1) is 30.9 Å². The second kappa shape index (κ2) is 10.0. The Hall–Kier alpha value is -3.45. The Morgan fingerprint density at radius 3 is 2.58 bits per heavy atom. The van der Waals surface area contributed by atoms with E-state index in [-0.39, 0.29) is 11.7 Å². The fourth-order valence-corrected chi connectivity index (χ4v) is 3.90. The smallest absolute Gasteiger partial charge is 0.230 e. The van der Waals surface area contributed by atoms with Crippen LogP contribution in [0.3, 0.4) is 0 Å². The molecule has 4 rings (SSSR count). The molecule has 0 radical (unpaired) electrons. The molecule has 6 nitrogen and oxygen atoms in total. The number of thioether (sulfide) groups is 1. The minimum absolute atomic E-state index is 0.0778. The number of amides is 1. The molecule has 0 aliphatic heterocycles. The Labute approximate surface area is 185 Å². The van der Waals surface area contributed by atoms with E-state index in [4.69, 9.17) is 14.1 Å². The van der Waals surface area contributed by atoms with Gasteiger partial charge in [-0.2, -0.15) is 0 Å². The molecule has 4 aromatic rings. The van der Waals surface area contributed by atoms with Crippen LogP contribution in [0.4, 0.5) is 0 Å². The van der Waals surface area contributed by atoms with Crippen LogP contribution in [-0.4, -0.2) is 28.2 Å². The van der Waals surface area contributed by atoms with Crippen LogP contribution in [0.15, 0.2) is 82.4 Å². The fraction of sp³-hybridized carbons (Fsp3) is 0.167. The quantitative estimate of drug-likeness (QED) is 0.357. The van der Waals surface area contributed by atoms with Gasteiger partial charge in [0, 0.05) is 11.1 Å². The molecular formula is C24H23N3O3S. The Morgan fingerprint density at radius 2 is 1.87 bits per heavy atom. The summed E-state index contributed by atoms with van der Waals surface area (Å²) in [5.74, 6) is 2.48. The van der Waals surface area contributed by atoms with Crippen LogP contribution in [0.5, 0.6) is 5.75 Å². The third-order valence-corrected chi connectivity index (χ3v) is 5.53. The van der Waals surface area contributed by atoms with Gasteiger partial charge in [-0.1, -0.05) is 42.1 Å². The number of furan rings is 1. The van der Waals surface area contributed by atoms with Gasteiger partial charge in [0.15, 0.2) is 0 Å². The first kappa shape index (κ1) is 20.8. The minimum atomic E-state index is -0.0778. The van der Waals surface area contributed by atoms with Crippen molar-refractivity contribution in [3.8, 4) is 28.4 Å². The van der Waals surface area contributed by atoms with Gasteiger partial charge in [-0.25, -0.2) is 4.98 Å². The zero-order valence-electron chi connectivity index (χ0n) is 17.1. The average Bonchev–Trinajstić information content (AvgIpc) is 3.48. The number of aromatic amines is 1. The van der Waals surface area contributed by atoms with E-state index in [0.717, 1.165) is 39.2 Å². The summed E-state index contributed by atoms with van der Waals surface area (Å²) in [6.07, 6.45) is 1.59. The molecule has 0 atom stereocenters. The predicted molar refractivity (Wildman–Crippen MR) is 122 cm³/mol. The van der Waals surface area contributed by atoms with E-state index in [1.165, 1.54) is 11.8 Å². The lowest BCUT2D eigenvalue weighted by molar-refractivity contribution is -0.118. The maximum Gasteiger partial charge on any atom is 0.230 e. The number of H-pyrrole nitrogens is 1. The highest BCUT2D eigenvalue weighted by Gasteiger charge is 2.16. The summed E-state index contributed by atoms with van der Waals surface area (Å²) in [6, 6.07) is 21.4. The molecular weight excluding hydrogens is 410 g/mol. The number of benzene rings is 2. The van der Waals surface area contributed by atoms with Gasteiger partial charge in [-0.15, -0.1) is 0 Å². The van der Waals surface area contributed by atoms with Crippen molar-refractivity contribution in [2.24, 2.45) is 0 Å². The first-order valence-electron chi connectivity index (χ1n) is 10.0. The highest BCUT2D eigenvalue weighted by Crippen LogP contribution is 2.32. The predicted octanol–water partition coefficient (Wildman–Crippen LogP) is 5.14. The lowest BCUT2D eigenvalue weighted by Gasteiger charge is -2.04. The van der Waals surface area contributed by atoms with E-state index in [1.807, 2.05) is 67.6 Å². The van der Waals surface area contributed by atoms with Crippen LogP contribution in [0.1, 0.15) is 12.7 Å². The zero-order chi connectivity index (χ0) is 21.5. The van der Waals surface area contributed by atoms with Gasteiger partial charge in [0.2, 0.25) is 5.91 Å². The zero-order valence-corrected chi connectivity index (χ0v) is 17.9. The molecule has 0 spiro atoms. The van der Waals surface area contributed by atoms with E-state index in [1.54, 1.807) is 12.3 Å². The van der Waals surface area contributed by atoms with Crippen molar-refractivity contribution in [3.05, 3.63) is 78.8 Å². The standard InChI is InChI=1S/C24H23N3O3S/c1-2-29-19-12-10-18(11-13-19)23-26-22(17-7-4-3-5-8-17)24(27-23)31-16-21(28)25-15-20-9-6-14-30-20/h3-14H,2,15-16H2,1H3,(H,25,28)(H,26,27). The van der Waals surface area contributed by atoms with Crippen molar-refractivity contribution >= 4 is 17.7 Å². The molecule has 0 saturated heterocycles. The summed E-state index contributed by atoms with van der Waals surface area (Å²) in [6.45, 7) is 2.96. The van der Waals surface area contributed by atoms with Gasteiger partial charge in [-0.05, 0) is 43.3 Å². The van der Waals surface area contributed by atoms with Crippen LogP contribution >= 0.6 is 11.8 Å². The van der Waals surface area contributed by atoms with Crippen molar-refractivity contribution in [1.29, 1.82) is 0 Å². The van der Waals surface area contributed by atoms with Crippen LogP contribution in [0.25, 0.3) is 22.6 Å². The Morgan fingerprint density at radius 1 is 1.06 bits per heavy atom. The van der Waals surface area contributed by atoms with Crippen LogP contribution in [0, 0.1) is 0 Å². The summed E-state index contributed by atoms with van der Waals surface area (Å²) in [5.41, 5.74) is 2.87. The number of hydrogen-bond donors (Lipinski definition) is 2. The number of aromatic nitrogens is 2. The van der Waals surface area contributed by atoms with Gasteiger partial charge in [0.25, 0.3) is 0 Å². The van der Waals surface area contributed by atoms with E-state index in [0.29, 0.717) is 13.2 Å². The highest BCUT2D eigenvalue weighted by molar-refractivity contribution is 8.00. The summed E-state index contributed by atoms with van der Waals surface area (Å²) >= 11 is 1.40. The molecule has 0 fully saturated rings. The highest BCUT2D eigenvalue weighted by atomic mass is 32.2. The topological polar surface area (TPSA) is 80.2 Å². The third kappa shape index (κ3) is 5.38. The minimum Gasteiger partial charge on any atom is -0.494 e. The molecule has 158 valence electrons. The molecule has 31 heavy (non-hydrogen) atoms. The maximum absolute atomic E-state index is 12.3. The lowest BCUT2D eigenvalue weighted by atomic mass is 10.2. The van der Waals surface area contributed by atoms with Crippen LogP contribution in [0.2, 0.25) is 0 Å². The van der Waals surface area contributed by atoms with Gasteiger partial charge >= 0.3 is 0 Å². The molecule has 0 aliphatic carbocycles. The molecule has 7 heteroatoms. The number of ether oxygens (including phenoxy) is 1. The number of hydrogen-bond acceptors (Lipinski definition) is 5. The van der Waals surface area contributed by atoms with Crippen molar-refractivity contribution in [2.75, 3.05) is 12.4 Å². The normalized spacial score (nSPS) is 10.7. The van der Waals surface area contributed by atoms with Gasteiger partial charge in [0.1, 0.15) is 22.4 Å². The summed E-state index contributed by atoms with van der Waals surface area (Å²) in [4.78, 5) is 20.5. The van der Waals surface area contributed by atoms with Crippen molar-refractivity contribution < 1.29 is 13.9 Å². The summed E-state index contributed by atoms with van der Waals surface area (Å²) < 4.78 is 10.8. The third-order valence-electron chi connectivity index (χ3n) is 4.55. The van der Waals surface area contributed by atoms with Crippen molar-refractivity contribution in [1.82, 2.24) is 15.3 Å². The number of nitrogens with one attached hydrogen (secondary N) is 2. The van der Waals surface area contributed by atoms with E-state index in [2.05, 4.69) is 10.3 Å². The number of carbonyl (C=O) groups is 1.